The molecule has 1 heterocycles. The van der Waals surface area contributed by atoms with Crippen molar-refractivity contribution in [1.82, 2.24) is 40.4 Å². The lowest BCUT2D eigenvalue weighted by Gasteiger charge is -2.35. The molecule has 1 saturated heterocycles. The zero-order valence-electron chi connectivity index (χ0n) is 39.5. The van der Waals surface area contributed by atoms with Crippen molar-refractivity contribution in [2.45, 2.75) is 103 Å². The average molecular weight is 979 g/mol. The first-order valence-electron chi connectivity index (χ1n) is 23.0. The molecule has 1 aliphatic heterocycles. The number of Topliss-reactive ketones (excluding diaryl/α,β-unsaturated/α-hetero) is 1. The van der Waals surface area contributed by atoms with Gasteiger partial charge in [0.1, 0.15) is 12.1 Å². The number of rotatable bonds is 30. The molecule has 0 aliphatic carbocycles. The van der Waals surface area contributed by atoms with Crippen LogP contribution < -0.4 is 16.0 Å². The molecule has 0 aromatic heterocycles. The Morgan fingerprint density at radius 1 is 0.580 bits per heavy atom. The molecule has 1 fully saturated rings. The molecule has 4 amide bonds. The van der Waals surface area contributed by atoms with Gasteiger partial charge in [-0.25, -0.2) is 9.59 Å². The Morgan fingerprint density at radius 3 is 1.58 bits per heavy atom. The lowest BCUT2D eigenvalue weighted by atomic mass is 10.1. The highest BCUT2D eigenvalue weighted by Gasteiger charge is 2.29. The van der Waals surface area contributed by atoms with Crippen LogP contribution in [0, 0.1) is 6.92 Å². The summed E-state index contributed by atoms with van der Waals surface area (Å²) in [7, 11) is 0. The molecule has 1 aliphatic rings. The fourth-order valence-electron chi connectivity index (χ4n) is 7.64. The molecule has 0 radical (unpaired) electrons. The van der Waals surface area contributed by atoms with E-state index in [0.29, 0.717) is 25.7 Å². The molecule has 0 saturated carbocycles. The summed E-state index contributed by atoms with van der Waals surface area (Å²) in [5.41, 5.74) is 1.90. The van der Waals surface area contributed by atoms with Crippen LogP contribution in [-0.4, -0.2) is 218 Å². The van der Waals surface area contributed by atoms with Crippen LogP contribution in [0.2, 0.25) is 0 Å². The normalized spacial score (nSPS) is 15.8. The van der Waals surface area contributed by atoms with Gasteiger partial charge in [-0.1, -0.05) is 29.8 Å². The number of carbonyl (C=O) groups is 10. The maximum Gasteiger partial charge on any atom is 0.326 e. The van der Waals surface area contributed by atoms with Crippen LogP contribution in [0.25, 0.3) is 0 Å². The van der Waals surface area contributed by atoms with Crippen LogP contribution in [0.5, 0.6) is 0 Å². The van der Waals surface area contributed by atoms with Crippen molar-refractivity contribution in [3.63, 3.8) is 0 Å². The third-order valence-electron chi connectivity index (χ3n) is 11.5. The van der Waals surface area contributed by atoms with E-state index in [0.717, 1.165) is 11.1 Å². The third kappa shape index (κ3) is 25.6. The molecule has 386 valence electrons. The second kappa shape index (κ2) is 31.7. The molecule has 24 heteroatoms. The first-order chi connectivity index (χ1) is 32.6. The van der Waals surface area contributed by atoms with Crippen LogP contribution in [0.4, 0.5) is 4.79 Å². The minimum atomic E-state index is -1.32. The van der Waals surface area contributed by atoms with E-state index in [1.165, 1.54) is 6.92 Å². The standard InChI is InChI=1S/C45H70N8O16/c1-31-9-11-33(12-10-31)27-53(18-6-4-7-35(43(65)66)48-45(69)47-34(32(2)54)13-16-39(57)58)38(56)8-3-5-17-46-37(55)15-14-36(44(67)68)52-25-23-50(29-41(61)62)21-19-49(28-40(59)60)20-22-51(24-26-52)30-42(63)64/h9-12,34-36H,3-8,13-30H2,1-2H3,(H,46,55)(H,57,58)(H,59,60)(H,61,62)(H,63,64)(H,65,66)(H,67,68)(H2,47,48,69)/t34-,35-,36?/m0/s1. The highest BCUT2D eigenvalue weighted by Crippen LogP contribution is 2.14. The van der Waals surface area contributed by atoms with Crippen molar-refractivity contribution in [3.8, 4) is 0 Å². The predicted octanol–water partition coefficient (Wildman–Crippen LogP) is 0.0640. The van der Waals surface area contributed by atoms with Gasteiger partial charge in [0.25, 0.3) is 0 Å². The number of amides is 4. The van der Waals surface area contributed by atoms with Gasteiger partial charge in [0.05, 0.1) is 25.7 Å². The maximum absolute atomic E-state index is 13.5. The number of urea groups is 1. The number of aryl methyl sites for hydroxylation is 1. The van der Waals surface area contributed by atoms with Crippen LogP contribution in [0.15, 0.2) is 24.3 Å². The first kappa shape index (κ1) is 58.9. The van der Waals surface area contributed by atoms with Gasteiger partial charge in [0, 0.05) is 91.3 Å². The SMILES string of the molecule is CC(=O)[C@H](CCC(=O)O)NC(=O)N[C@@H](CCCCN(Cc1ccc(C)cc1)C(=O)CCCCNC(=O)CCC(C(=O)O)N1CCN(CC(=O)O)CCN(CC(=O)O)CCN(CC(=O)O)CC1)C(=O)O. The summed E-state index contributed by atoms with van der Waals surface area (Å²) < 4.78 is 0. The van der Waals surface area contributed by atoms with Gasteiger partial charge in [-0.3, -0.25) is 58.0 Å². The Hall–Kier alpha value is -6.24. The highest BCUT2D eigenvalue weighted by molar-refractivity contribution is 5.89. The summed E-state index contributed by atoms with van der Waals surface area (Å²) in [6.07, 6.45) is 0.833. The van der Waals surface area contributed by atoms with E-state index >= 15 is 0 Å². The van der Waals surface area contributed by atoms with Crippen molar-refractivity contribution >= 4 is 59.4 Å². The monoisotopic (exact) mass is 978 g/mol. The molecular formula is C45H70N8O16. The van der Waals surface area contributed by atoms with Gasteiger partial charge < -0.3 is 51.5 Å². The van der Waals surface area contributed by atoms with E-state index in [1.54, 1.807) is 24.5 Å². The van der Waals surface area contributed by atoms with Crippen LogP contribution in [-0.2, 0) is 49.7 Å². The number of aliphatic carboxylic acids is 6. The van der Waals surface area contributed by atoms with Crippen molar-refractivity contribution in [1.29, 1.82) is 0 Å². The van der Waals surface area contributed by atoms with Gasteiger partial charge in [0.2, 0.25) is 11.8 Å². The van der Waals surface area contributed by atoms with Crippen LogP contribution in [0.1, 0.15) is 82.3 Å². The van der Waals surface area contributed by atoms with Gasteiger partial charge in [-0.2, -0.15) is 0 Å². The van der Waals surface area contributed by atoms with E-state index in [4.69, 9.17) is 5.11 Å². The summed E-state index contributed by atoms with van der Waals surface area (Å²) in [6, 6.07) is 3.09. The van der Waals surface area contributed by atoms with Crippen LogP contribution in [0.3, 0.4) is 0 Å². The largest absolute Gasteiger partial charge is 0.481 e. The lowest BCUT2D eigenvalue weighted by molar-refractivity contribution is -0.145. The van der Waals surface area contributed by atoms with Gasteiger partial charge in [-0.05, 0) is 64.4 Å². The fraction of sp³-hybridized carbons (Fsp3) is 0.644. The predicted molar refractivity (Wildman–Crippen MR) is 246 cm³/mol. The Kier molecular flexibility index (Phi) is 27.1. The molecule has 0 bridgehead atoms. The molecule has 9 N–H and O–H groups in total. The number of benzene rings is 1. The highest BCUT2D eigenvalue weighted by atomic mass is 16.4. The number of hydrogen-bond acceptors (Lipinski definition) is 14. The topological polar surface area (TPSA) is 344 Å². The molecule has 24 nitrogen and oxygen atoms in total. The molecule has 1 aromatic carbocycles. The number of unbranched alkanes of at least 4 members (excludes halogenated alkanes) is 2. The lowest BCUT2D eigenvalue weighted by Crippen LogP contribution is -2.52. The van der Waals surface area contributed by atoms with Crippen molar-refractivity contribution in [2.24, 2.45) is 0 Å². The summed E-state index contributed by atoms with van der Waals surface area (Å²) >= 11 is 0. The minimum Gasteiger partial charge on any atom is -0.481 e. The summed E-state index contributed by atoms with van der Waals surface area (Å²) in [5.74, 6) is -8.12. The van der Waals surface area contributed by atoms with Crippen molar-refractivity contribution < 1.29 is 78.6 Å². The second-order valence-electron chi connectivity index (χ2n) is 17.1. The number of nitrogens with one attached hydrogen (secondary N) is 3. The van der Waals surface area contributed by atoms with E-state index in [-0.39, 0.29) is 136 Å². The summed E-state index contributed by atoms with van der Waals surface area (Å²) in [5, 5.41) is 64.8. The molecule has 69 heavy (non-hydrogen) atoms. The van der Waals surface area contributed by atoms with E-state index in [2.05, 4.69) is 16.0 Å². The Bertz CT molecular complexity index is 1850. The quantitative estimate of drug-likeness (QED) is 0.0460. The van der Waals surface area contributed by atoms with E-state index in [9.17, 15) is 73.5 Å². The molecular weight excluding hydrogens is 909 g/mol. The fourth-order valence-corrected chi connectivity index (χ4v) is 7.64. The van der Waals surface area contributed by atoms with Crippen molar-refractivity contribution in [3.05, 3.63) is 35.4 Å². The first-order valence-corrected chi connectivity index (χ1v) is 23.0. The number of hydrogen-bond donors (Lipinski definition) is 9. The van der Waals surface area contributed by atoms with Gasteiger partial charge in [-0.15, -0.1) is 0 Å². The zero-order chi connectivity index (χ0) is 51.5. The van der Waals surface area contributed by atoms with Gasteiger partial charge in [0.15, 0.2) is 5.78 Å². The third-order valence-corrected chi connectivity index (χ3v) is 11.5. The van der Waals surface area contributed by atoms with Gasteiger partial charge >= 0.3 is 41.8 Å². The van der Waals surface area contributed by atoms with Crippen LogP contribution >= 0.6 is 0 Å². The molecule has 3 atom stereocenters. The Balaban J connectivity index is 1.99. The molecule has 2 rings (SSSR count). The smallest absolute Gasteiger partial charge is 0.326 e. The molecule has 1 unspecified atom stereocenters. The zero-order valence-corrected chi connectivity index (χ0v) is 39.5. The maximum atomic E-state index is 13.5. The number of carboxylic acids is 6. The van der Waals surface area contributed by atoms with E-state index < -0.39 is 71.7 Å². The van der Waals surface area contributed by atoms with E-state index in [1.807, 2.05) is 31.2 Å². The second-order valence-corrected chi connectivity index (χ2v) is 17.1. The Morgan fingerprint density at radius 2 is 1.10 bits per heavy atom. The minimum absolute atomic E-state index is 0.00739. The number of carbonyl (C=O) groups excluding carboxylic acids is 4. The molecule has 0 spiro atoms. The summed E-state index contributed by atoms with van der Waals surface area (Å²) in [6.45, 7) is 3.81. The molecule has 1 aromatic rings. The average Bonchev–Trinajstić information content (AvgIpc) is 3.25. The summed E-state index contributed by atoms with van der Waals surface area (Å²) in [4.78, 5) is 129. The Labute approximate surface area is 400 Å². The van der Waals surface area contributed by atoms with Crippen molar-refractivity contribution in [2.75, 3.05) is 85.1 Å². The number of nitrogens with zero attached hydrogens (tertiary/aromatic N) is 5. The number of ketones is 1. The number of carboxylic acid groups (broad SMARTS) is 6.